The monoisotopic (exact) mass is 272 g/mol. The van der Waals surface area contributed by atoms with Gasteiger partial charge in [-0.1, -0.05) is 6.07 Å². The van der Waals surface area contributed by atoms with Crippen molar-refractivity contribution in [1.29, 1.82) is 5.26 Å². The third kappa shape index (κ3) is 2.72. The van der Waals surface area contributed by atoms with E-state index in [-0.39, 0.29) is 22.7 Å². The summed E-state index contributed by atoms with van der Waals surface area (Å²) in [7, 11) is 0. The Balaban J connectivity index is 2.42. The van der Waals surface area contributed by atoms with E-state index in [0.29, 0.717) is 0 Å². The fraction of sp³-hybridized carbons (Fsp3) is 0.0714. The van der Waals surface area contributed by atoms with Crippen molar-refractivity contribution in [3.8, 4) is 17.6 Å². The minimum Gasteiger partial charge on any atom is -0.447 e. The van der Waals surface area contributed by atoms with Gasteiger partial charge in [-0.05, 0) is 36.8 Å². The summed E-state index contributed by atoms with van der Waals surface area (Å²) in [5, 5.41) is 19.5. The van der Waals surface area contributed by atoms with Gasteiger partial charge in [-0.2, -0.15) is 5.26 Å². The maximum atomic E-state index is 13.7. The van der Waals surface area contributed by atoms with Crippen molar-refractivity contribution in [1.82, 2.24) is 0 Å². The quantitative estimate of drug-likeness (QED) is 0.630. The van der Waals surface area contributed by atoms with E-state index in [1.54, 1.807) is 19.1 Å². The fourth-order valence-corrected chi connectivity index (χ4v) is 1.63. The summed E-state index contributed by atoms with van der Waals surface area (Å²) in [6, 6.07) is 9.77. The highest BCUT2D eigenvalue weighted by Gasteiger charge is 2.17. The predicted octanol–water partition coefficient (Wildman–Crippen LogP) is 3.71. The maximum Gasteiger partial charge on any atom is 0.311 e. The van der Waals surface area contributed by atoms with E-state index in [0.717, 1.165) is 11.6 Å². The van der Waals surface area contributed by atoms with Crippen LogP contribution in [0.5, 0.6) is 11.5 Å². The SMILES string of the molecule is Cc1ccc([N+](=O)[O-])c(Oc2ccc(C#N)cc2F)c1. The first kappa shape index (κ1) is 13.5. The number of nitro benzene ring substituents is 1. The standard InChI is InChI=1S/C14H9FN2O3/c1-9-2-4-12(17(18)19)14(6-9)20-13-5-3-10(8-16)7-11(13)15/h2-7H,1H3. The van der Waals surface area contributed by atoms with Crippen molar-refractivity contribution in [3.05, 3.63) is 63.5 Å². The average Bonchev–Trinajstić information content (AvgIpc) is 2.40. The Hall–Kier alpha value is -2.94. The Labute approximate surface area is 114 Å². The fourth-order valence-electron chi connectivity index (χ4n) is 1.63. The molecule has 2 aromatic rings. The van der Waals surface area contributed by atoms with E-state index in [9.17, 15) is 14.5 Å². The Morgan fingerprint density at radius 2 is 2.00 bits per heavy atom. The van der Waals surface area contributed by atoms with Gasteiger partial charge in [0, 0.05) is 6.07 Å². The van der Waals surface area contributed by atoms with Gasteiger partial charge in [0.1, 0.15) is 0 Å². The first-order valence-corrected chi connectivity index (χ1v) is 5.64. The van der Waals surface area contributed by atoms with E-state index in [2.05, 4.69) is 0 Å². The molecule has 0 N–H and O–H groups in total. The number of hydrogen-bond acceptors (Lipinski definition) is 4. The van der Waals surface area contributed by atoms with Crippen LogP contribution in [0.25, 0.3) is 0 Å². The van der Waals surface area contributed by atoms with Crippen LogP contribution < -0.4 is 4.74 Å². The minimum atomic E-state index is -0.750. The van der Waals surface area contributed by atoms with Gasteiger partial charge in [0.25, 0.3) is 0 Å². The van der Waals surface area contributed by atoms with Crippen LogP contribution >= 0.6 is 0 Å². The van der Waals surface area contributed by atoms with Gasteiger partial charge in [-0.15, -0.1) is 0 Å². The molecular weight excluding hydrogens is 263 g/mol. The average molecular weight is 272 g/mol. The van der Waals surface area contributed by atoms with Crippen molar-refractivity contribution < 1.29 is 14.1 Å². The molecule has 0 aliphatic carbocycles. The van der Waals surface area contributed by atoms with Crippen molar-refractivity contribution in [2.75, 3.05) is 0 Å². The van der Waals surface area contributed by atoms with Gasteiger partial charge in [-0.3, -0.25) is 10.1 Å². The zero-order valence-electron chi connectivity index (χ0n) is 10.5. The summed E-state index contributed by atoms with van der Waals surface area (Å²) < 4.78 is 19.0. The highest BCUT2D eigenvalue weighted by atomic mass is 19.1. The van der Waals surface area contributed by atoms with E-state index in [1.807, 2.05) is 0 Å². The predicted molar refractivity (Wildman–Crippen MR) is 69.0 cm³/mol. The molecule has 0 atom stereocenters. The van der Waals surface area contributed by atoms with Crippen molar-refractivity contribution >= 4 is 5.69 Å². The molecule has 5 nitrogen and oxygen atoms in total. The summed E-state index contributed by atoms with van der Waals surface area (Å²) in [6.07, 6.45) is 0. The molecule has 0 aromatic heterocycles. The first-order valence-electron chi connectivity index (χ1n) is 5.64. The molecule has 0 spiro atoms. The van der Waals surface area contributed by atoms with Gasteiger partial charge in [-0.25, -0.2) is 4.39 Å². The van der Waals surface area contributed by atoms with E-state index >= 15 is 0 Å². The molecule has 0 saturated carbocycles. The lowest BCUT2D eigenvalue weighted by molar-refractivity contribution is -0.385. The number of nitriles is 1. The first-order chi connectivity index (χ1) is 9.51. The molecule has 2 aromatic carbocycles. The summed E-state index contributed by atoms with van der Waals surface area (Å²) >= 11 is 0. The molecule has 6 heteroatoms. The number of halogens is 1. The summed E-state index contributed by atoms with van der Waals surface area (Å²) in [5.74, 6) is -0.962. The van der Waals surface area contributed by atoms with Crippen molar-refractivity contribution in [2.45, 2.75) is 6.92 Å². The third-order valence-corrected chi connectivity index (χ3v) is 2.59. The smallest absolute Gasteiger partial charge is 0.311 e. The number of rotatable bonds is 3. The lowest BCUT2D eigenvalue weighted by atomic mass is 10.2. The molecule has 20 heavy (non-hydrogen) atoms. The van der Waals surface area contributed by atoms with Crippen LogP contribution in [0.1, 0.15) is 11.1 Å². The van der Waals surface area contributed by atoms with Crippen LogP contribution in [-0.4, -0.2) is 4.92 Å². The van der Waals surface area contributed by atoms with Gasteiger partial charge in [0.05, 0.1) is 16.6 Å². The van der Waals surface area contributed by atoms with Crippen molar-refractivity contribution in [2.24, 2.45) is 0 Å². The molecule has 0 aliphatic rings. The number of benzene rings is 2. The highest BCUT2D eigenvalue weighted by molar-refractivity contribution is 5.50. The van der Waals surface area contributed by atoms with Crippen molar-refractivity contribution in [3.63, 3.8) is 0 Å². The normalized spacial score (nSPS) is 9.85. The molecule has 0 bridgehead atoms. The molecular formula is C14H9FN2O3. The highest BCUT2D eigenvalue weighted by Crippen LogP contribution is 2.33. The number of nitrogens with zero attached hydrogens (tertiary/aromatic N) is 2. The zero-order chi connectivity index (χ0) is 14.7. The topological polar surface area (TPSA) is 76.2 Å². The lowest BCUT2D eigenvalue weighted by Gasteiger charge is -2.08. The lowest BCUT2D eigenvalue weighted by Crippen LogP contribution is -1.95. The van der Waals surface area contributed by atoms with Crippen LogP contribution in [0.15, 0.2) is 36.4 Å². The second-order valence-electron chi connectivity index (χ2n) is 4.09. The zero-order valence-corrected chi connectivity index (χ0v) is 10.5. The Bertz CT molecular complexity index is 723. The maximum absolute atomic E-state index is 13.7. The second kappa shape index (κ2) is 5.36. The van der Waals surface area contributed by atoms with E-state index in [1.165, 1.54) is 24.3 Å². The molecule has 0 fully saturated rings. The Morgan fingerprint density at radius 3 is 2.60 bits per heavy atom. The molecule has 0 unspecified atom stereocenters. The van der Waals surface area contributed by atoms with Gasteiger partial charge >= 0.3 is 5.69 Å². The molecule has 0 radical (unpaired) electrons. The van der Waals surface area contributed by atoms with Crippen LogP contribution in [-0.2, 0) is 0 Å². The molecule has 2 rings (SSSR count). The van der Waals surface area contributed by atoms with E-state index < -0.39 is 10.7 Å². The molecule has 0 saturated heterocycles. The largest absolute Gasteiger partial charge is 0.447 e. The molecule has 0 heterocycles. The second-order valence-corrected chi connectivity index (χ2v) is 4.09. The van der Waals surface area contributed by atoms with E-state index in [4.69, 9.17) is 10.00 Å². The van der Waals surface area contributed by atoms with Crippen LogP contribution in [0.4, 0.5) is 10.1 Å². The van der Waals surface area contributed by atoms with Crippen LogP contribution in [0.2, 0.25) is 0 Å². The summed E-state index contributed by atoms with van der Waals surface area (Å²) in [6.45, 7) is 1.74. The summed E-state index contributed by atoms with van der Waals surface area (Å²) in [4.78, 5) is 10.3. The Morgan fingerprint density at radius 1 is 1.25 bits per heavy atom. The number of aryl methyl sites for hydroxylation is 1. The third-order valence-electron chi connectivity index (χ3n) is 2.59. The number of nitro groups is 1. The molecule has 100 valence electrons. The number of ether oxygens (including phenoxy) is 1. The van der Waals surface area contributed by atoms with Gasteiger partial charge < -0.3 is 4.74 Å². The van der Waals surface area contributed by atoms with Gasteiger partial charge in [0.15, 0.2) is 11.6 Å². The van der Waals surface area contributed by atoms with Crippen LogP contribution in [0.3, 0.4) is 0 Å². The van der Waals surface area contributed by atoms with Crippen LogP contribution in [0, 0.1) is 34.2 Å². The number of hydrogen-bond donors (Lipinski definition) is 0. The minimum absolute atomic E-state index is 0.0430. The Kier molecular flexibility index (Phi) is 3.62. The summed E-state index contributed by atoms with van der Waals surface area (Å²) in [5.41, 5.74) is 0.646. The molecule has 0 amide bonds. The molecule has 0 aliphatic heterocycles. The van der Waals surface area contributed by atoms with Gasteiger partial charge in [0.2, 0.25) is 5.75 Å².